The predicted molar refractivity (Wildman–Crippen MR) is 165 cm³/mol. The smallest absolute Gasteiger partial charge is 0.136 e. The van der Waals surface area contributed by atoms with Gasteiger partial charge in [0.25, 0.3) is 0 Å². The van der Waals surface area contributed by atoms with Crippen molar-refractivity contribution < 1.29 is 16.8 Å². The largest absolute Gasteiger partial charge is 0.456 e. The normalized spacial score (nSPS) is 14.8. The fourth-order valence-corrected chi connectivity index (χ4v) is 5.57. The van der Waals surface area contributed by atoms with Gasteiger partial charge in [-0.1, -0.05) is 133 Å². The molecule has 0 fully saturated rings. The van der Waals surface area contributed by atoms with Crippen molar-refractivity contribution in [2.24, 2.45) is 0 Å². The molecule has 0 N–H and O–H groups in total. The average Bonchev–Trinajstić information content (AvgIpc) is 3.49. The van der Waals surface area contributed by atoms with Crippen molar-refractivity contribution >= 4 is 43.5 Å². The first-order chi connectivity index (χ1) is 23.1. The first kappa shape index (κ1) is 14.7. The minimum atomic E-state index is -0.447. The van der Waals surface area contributed by atoms with Crippen LogP contribution in [0.1, 0.15) is 12.3 Å². The van der Waals surface area contributed by atoms with E-state index in [-0.39, 0.29) is 51.3 Å². The summed E-state index contributed by atoms with van der Waals surface area (Å²) in [5.41, 5.74) is 4.52. The third-order valence-electron chi connectivity index (χ3n) is 7.27. The van der Waals surface area contributed by atoms with Crippen LogP contribution in [0.15, 0.2) is 150 Å². The lowest BCUT2D eigenvalue weighted by atomic mass is 9.84. The first-order valence-corrected chi connectivity index (χ1v) is 12.6. The summed E-state index contributed by atoms with van der Waals surface area (Å²) in [6.07, 6.45) is 0. The van der Waals surface area contributed by atoms with Crippen molar-refractivity contribution in [3.8, 4) is 33.4 Å². The molecule has 8 aromatic rings. The molecule has 0 aliphatic carbocycles. The number of para-hydroxylation sites is 1. The van der Waals surface area contributed by atoms with E-state index in [4.69, 9.17) is 11.3 Å². The van der Waals surface area contributed by atoms with Crippen LogP contribution in [0.4, 0.5) is 0 Å². The molecule has 1 aromatic heterocycles. The average molecular weight is 506 g/mol. The van der Waals surface area contributed by atoms with Gasteiger partial charge in [-0.3, -0.25) is 0 Å². The van der Waals surface area contributed by atoms with Crippen LogP contribution in [0, 0.1) is 0 Å². The zero-order valence-electron chi connectivity index (χ0n) is 29.6. The van der Waals surface area contributed by atoms with Gasteiger partial charge < -0.3 is 4.42 Å². The first-order valence-electron chi connectivity index (χ1n) is 17.1. The Morgan fingerprint density at radius 2 is 0.974 bits per heavy atom. The van der Waals surface area contributed by atoms with Gasteiger partial charge in [0, 0.05) is 10.8 Å². The third kappa shape index (κ3) is 3.41. The monoisotopic (exact) mass is 505 g/mol. The van der Waals surface area contributed by atoms with Gasteiger partial charge >= 0.3 is 0 Å². The highest BCUT2D eigenvalue weighted by Crippen LogP contribution is 2.46. The number of hydrogen-bond donors (Lipinski definition) is 0. The molecule has 0 saturated heterocycles. The van der Waals surface area contributed by atoms with Crippen LogP contribution in [0.5, 0.6) is 0 Å². The molecule has 1 nitrogen and oxygen atoms in total. The predicted octanol–water partition coefficient (Wildman–Crippen LogP) is 10.9. The summed E-state index contributed by atoms with van der Waals surface area (Å²) < 4.78 is 85.7. The van der Waals surface area contributed by atoms with Crippen molar-refractivity contribution in [3.05, 3.63) is 145 Å². The number of hydrogen-bond acceptors (Lipinski definition) is 1. The molecule has 0 unspecified atom stereocenters. The number of fused-ring (bicyclic) bond motifs is 5. The van der Waals surface area contributed by atoms with Crippen LogP contribution in [-0.4, -0.2) is 0 Å². The molecule has 0 amide bonds. The zero-order valence-corrected chi connectivity index (χ0v) is 20.6. The van der Waals surface area contributed by atoms with E-state index in [9.17, 15) is 5.48 Å². The lowest BCUT2D eigenvalue weighted by Gasteiger charge is -2.18. The Morgan fingerprint density at radius 3 is 1.67 bits per heavy atom. The van der Waals surface area contributed by atoms with Gasteiger partial charge in [-0.25, -0.2) is 0 Å². The van der Waals surface area contributed by atoms with Gasteiger partial charge in [-0.05, 0) is 67.1 Å². The van der Waals surface area contributed by atoms with E-state index in [0.29, 0.717) is 39.3 Å². The second-order valence-corrected chi connectivity index (χ2v) is 9.39. The van der Waals surface area contributed by atoms with Crippen LogP contribution in [0.2, 0.25) is 0 Å². The second kappa shape index (κ2) is 8.72. The maximum Gasteiger partial charge on any atom is 0.136 e. The lowest BCUT2D eigenvalue weighted by Crippen LogP contribution is -1.91. The van der Waals surface area contributed by atoms with Gasteiger partial charge in [0.2, 0.25) is 0 Å². The van der Waals surface area contributed by atoms with E-state index in [1.807, 2.05) is 48.5 Å². The SMILES string of the molecule is [2H]c1ccc(-c2ccc(-c3c4c([2H])c([2H])c([2H])c([2H])c4c(-c4cccc5oc6ccccc6c45)c4c([2H])c([2H])c([2H])c([2H])c34)cc2)cc1. The second-order valence-electron chi connectivity index (χ2n) is 9.39. The molecule has 0 aliphatic rings. The Kier molecular flexibility index (Phi) is 3.29. The summed E-state index contributed by atoms with van der Waals surface area (Å²) >= 11 is 0. The molecule has 39 heavy (non-hydrogen) atoms. The Labute approximate surface area is 239 Å². The molecule has 1 heteroatoms. The van der Waals surface area contributed by atoms with Gasteiger partial charge in [0.05, 0.1) is 12.3 Å². The van der Waals surface area contributed by atoms with Crippen molar-refractivity contribution in [1.29, 1.82) is 0 Å². The molecular formula is C38H24O. The molecular weight excluding hydrogens is 472 g/mol. The van der Waals surface area contributed by atoms with Crippen LogP contribution >= 0.6 is 0 Å². The maximum atomic E-state index is 9.25. The zero-order chi connectivity index (χ0) is 33.6. The summed E-state index contributed by atoms with van der Waals surface area (Å²) in [5.74, 6) is 0. The van der Waals surface area contributed by atoms with Gasteiger partial charge in [-0.15, -0.1) is 0 Å². The quantitative estimate of drug-likeness (QED) is 0.218. The molecule has 8 rings (SSSR count). The Hall–Kier alpha value is -5.14. The summed E-state index contributed by atoms with van der Waals surface area (Å²) in [4.78, 5) is 0. The fourth-order valence-electron chi connectivity index (χ4n) is 5.57. The van der Waals surface area contributed by atoms with Crippen LogP contribution in [-0.2, 0) is 0 Å². The lowest BCUT2D eigenvalue weighted by molar-refractivity contribution is 0.669. The number of benzene rings is 7. The topological polar surface area (TPSA) is 13.1 Å². The number of furan rings is 1. The number of rotatable bonds is 3. The molecule has 7 aromatic carbocycles. The van der Waals surface area contributed by atoms with E-state index >= 15 is 0 Å². The Morgan fingerprint density at radius 1 is 0.410 bits per heavy atom. The van der Waals surface area contributed by atoms with E-state index in [1.165, 1.54) is 0 Å². The van der Waals surface area contributed by atoms with Gasteiger partial charge in [0.15, 0.2) is 0 Å². The fraction of sp³-hybridized carbons (Fsp3) is 0. The summed E-state index contributed by atoms with van der Waals surface area (Å²) in [7, 11) is 0. The molecule has 0 spiro atoms. The van der Waals surface area contributed by atoms with Crippen molar-refractivity contribution in [2.75, 3.05) is 0 Å². The van der Waals surface area contributed by atoms with Crippen molar-refractivity contribution in [1.82, 2.24) is 0 Å². The molecule has 1 heterocycles. The minimum absolute atomic E-state index is 0.154. The van der Waals surface area contributed by atoms with E-state index in [1.54, 1.807) is 42.5 Å². The highest BCUT2D eigenvalue weighted by molar-refractivity contribution is 6.25. The molecule has 0 radical (unpaired) electrons. The maximum absolute atomic E-state index is 9.25. The molecule has 0 saturated carbocycles. The van der Waals surface area contributed by atoms with Crippen LogP contribution < -0.4 is 0 Å². The summed E-state index contributed by atoms with van der Waals surface area (Å²) in [5, 5.41) is 2.06. The molecule has 0 aliphatic heterocycles. The Bertz CT molecular complexity index is 2560. The molecule has 182 valence electrons. The van der Waals surface area contributed by atoms with E-state index in [2.05, 4.69) is 0 Å². The summed E-state index contributed by atoms with van der Waals surface area (Å²) in [6.45, 7) is 0. The summed E-state index contributed by atoms with van der Waals surface area (Å²) in [6, 6.07) is 24.6. The van der Waals surface area contributed by atoms with E-state index in [0.717, 1.165) is 16.5 Å². The van der Waals surface area contributed by atoms with Crippen LogP contribution in [0.25, 0.3) is 76.9 Å². The highest BCUT2D eigenvalue weighted by atomic mass is 16.3. The minimum Gasteiger partial charge on any atom is -0.456 e. The van der Waals surface area contributed by atoms with Crippen molar-refractivity contribution in [3.63, 3.8) is 0 Å². The third-order valence-corrected chi connectivity index (χ3v) is 7.27. The molecule has 0 bridgehead atoms. The van der Waals surface area contributed by atoms with Gasteiger partial charge in [-0.2, -0.15) is 0 Å². The van der Waals surface area contributed by atoms with Gasteiger partial charge in [0.1, 0.15) is 11.2 Å². The van der Waals surface area contributed by atoms with Crippen LogP contribution in [0.3, 0.4) is 0 Å². The standard InChI is InChI=1S/C38H24O/c1-2-11-25(12-3-1)26-21-23-27(24-22-26)36-28-13-4-6-15-30(28)37(31-16-7-5-14-29(31)36)33-18-10-20-35-38(33)32-17-8-9-19-34(32)39-35/h1-24H/i1D,4D,5D,6D,7D,13D,14D,15D,16D. The highest BCUT2D eigenvalue weighted by Gasteiger charge is 2.19. The molecule has 0 atom stereocenters. The Balaban J connectivity index is 1.61. The van der Waals surface area contributed by atoms with E-state index < -0.39 is 24.2 Å². The van der Waals surface area contributed by atoms with Crippen molar-refractivity contribution in [2.45, 2.75) is 0 Å².